The Kier molecular flexibility index (Phi) is 4.24. The second-order valence-corrected chi connectivity index (χ2v) is 6.17. The molecule has 0 amide bonds. The summed E-state index contributed by atoms with van der Waals surface area (Å²) in [6.45, 7) is 1.31. The number of ether oxygens (including phenoxy) is 2. The molecule has 1 aliphatic heterocycles. The van der Waals surface area contributed by atoms with E-state index in [9.17, 15) is 0 Å². The summed E-state index contributed by atoms with van der Waals surface area (Å²) in [5, 5.41) is 8.70. The van der Waals surface area contributed by atoms with Crippen molar-refractivity contribution in [1.29, 1.82) is 0 Å². The summed E-state index contributed by atoms with van der Waals surface area (Å²) in [5.41, 5.74) is 1.61. The molecule has 0 spiro atoms. The lowest BCUT2D eigenvalue weighted by atomic mass is 9.73. The van der Waals surface area contributed by atoms with Crippen LogP contribution in [-0.4, -0.2) is 30.5 Å². The number of para-hydroxylation sites is 1. The van der Waals surface area contributed by atoms with Crippen molar-refractivity contribution in [3.63, 3.8) is 0 Å². The minimum Gasteiger partial charge on any atom is -0.496 e. The lowest BCUT2D eigenvalue weighted by Crippen LogP contribution is -2.35. The first-order valence-electron chi connectivity index (χ1n) is 8.44. The molecule has 1 saturated heterocycles. The van der Waals surface area contributed by atoms with Crippen molar-refractivity contribution >= 4 is 0 Å². The Labute approximate surface area is 146 Å². The van der Waals surface area contributed by atoms with Crippen LogP contribution in [0.5, 0.6) is 5.75 Å². The molecule has 0 N–H and O–H groups in total. The quantitative estimate of drug-likeness (QED) is 0.724. The van der Waals surface area contributed by atoms with Gasteiger partial charge in [0.25, 0.3) is 0 Å². The fourth-order valence-corrected chi connectivity index (χ4v) is 3.47. The van der Waals surface area contributed by atoms with E-state index < -0.39 is 0 Å². The zero-order chi connectivity index (χ0) is 17.1. The molecule has 5 heteroatoms. The molecule has 1 fully saturated rings. The highest BCUT2D eigenvalue weighted by molar-refractivity contribution is 5.52. The molecule has 0 bridgehead atoms. The van der Waals surface area contributed by atoms with Gasteiger partial charge in [-0.05, 0) is 31.0 Å². The summed E-state index contributed by atoms with van der Waals surface area (Å²) in [4.78, 5) is 0. The van der Waals surface area contributed by atoms with Crippen LogP contribution in [-0.2, 0) is 10.2 Å². The Morgan fingerprint density at radius 3 is 2.40 bits per heavy atom. The van der Waals surface area contributed by atoms with E-state index in [-0.39, 0.29) is 5.41 Å². The first-order valence-corrected chi connectivity index (χ1v) is 8.44. The number of nitrogens with zero attached hydrogens (tertiary/aromatic N) is 2. The maximum atomic E-state index is 6.13. The van der Waals surface area contributed by atoms with Gasteiger partial charge in [0.05, 0.1) is 12.5 Å². The fourth-order valence-electron chi connectivity index (χ4n) is 3.47. The number of methoxy groups -OCH3 is 1. The van der Waals surface area contributed by atoms with Crippen LogP contribution in [0.15, 0.2) is 59.0 Å². The van der Waals surface area contributed by atoms with Crippen molar-refractivity contribution < 1.29 is 13.9 Å². The Morgan fingerprint density at radius 2 is 1.64 bits per heavy atom. The van der Waals surface area contributed by atoms with Crippen molar-refractivity contribution in [3.05, 3.63) is 66.1 Å². The summed E-state index contributed by atoms with van der Waals surface area (Å²) < 4.78 is 17.3. The highest BCUT2D eigenvalue weighted by Gasteiger charge is 2.43. The van der Waals surface area contributed by atoms with Crippen LogP contribution in [0, 0.1) is 0 Å². The average Bonchev–Trinajstić information content (AvgIpc) is 3.20. The zero-order valence-corrected chi connectivity index (χ0v) is 14.1. The molecular formula is C20H20N2O3. The SMILES string of the molecule is COc1ccccc1C1(c2nnc(-c3ccccc3)o2)CCOCC1. The van der Waals surface area contributed by atoms with Gasteiger partial charge in [0.2, 0.25) is 11.8 Å². The third-order valence-electron chi connectivity index (χ3n) is 4.82. The average molecular weight is 336 g/mol. The van der Waals surface area contributed by atoms with Crippen LogP contribution < -0.4 is 4.74 Å². The number of rotatable bonds is 4. The minimum atomic E-state index is -0.384. The van der Waals surface area contributed by atoms with E-state index in [1.165, 1.54) is 0 Å². The van der Waals surface area contributed by atoms with Gasteiger partial charge in [0, 0.05) is 24.3 Å². The van der Waals surface area contributed by atoms with Gasteiger partial charge < -0.3 is 13.9 Å². The van der Waals surface area contributed by atoms with Crippen LogP contribution in [0.1, 0.15) is 24.3 Å². The van der Waals surface area contributed by atoms with Crippen LogP contribution >= 0.6 is 0 Å². The zero-order valence-electron chi connectivity index (χ0n) is 14.1. The normalized spacial score (nSPS) is 16.5. The van der Waals surface area contributed by atoms with Gasteiger partial charge >= 0.3 is 0 Å². The van der Waals surface area contributed by atoms with E-state index in [4.69, 9.17) is 13.9 Å². The molecule has 5 nitrogen and oxygen atoms in total. The molecular weight excluding hydrogens is 316 g/mol. The van der Waals surface area contributed by atoms with Crippen molar-refractivity contribution in [2.45, 2.75) is 18.3 Å². The Morgan fingerprint density at radius 1 is 0.920 bits per heavy atom. The van der Waals surface area contributed by atoms with Crippen LogP contribution in [0.4, 0.5) is 0 Å². The molecule has 0 atom stereocenters. The predicted molar refractivity (Wildman–Crippen MR) is 93.6 cm³/mol. The predicted octanol–water partition coefficient (Wildman–Crippen LogP) is 3.84. The van der Waals surface area contributed by atoms with Crippen molar-refractivity contribution in [2.24, 2.45) is 0 Å². The topological polar surface area (TPSA) is 57.4 Å². The molecule has 0 unspecified atom stereocenters. The molecule has 128 valence electrons. The maximum Gasteiger partial charge on any atom is 0.247 e. The first-order chi connectivity index (χ1) is 12.3. The van der Waals surface area contributed by atoms with Gasteiger partial charge in [-0.1, -0.05) is 36.4 Å². The molecule has 4 rings (SSSR count). The van der Waals surface area contributed by atoms with E-state index >= 15 is 0 Å². The number of aromatic nitrogens is 2. The molecule has 0 radical (unpaired) electrons. The van der Waals surface area contributed by atoms with Crippen molar-refractivity contribution in [3.8, 4) is 17.2 Å². The van der Waals surface area contributed by atoms with Gasteiger partial charge in [0.15, 0.2) is 0 Å². The molecule has 0 aliphatic carbocycles. The van der Waals surface area contributed by atoms with E-state index in [0.29, 0.717) is 25.0 Å². The number of hydrogen-bond acceptors (Lipinski definition) is 5. The summed E-state index contributed by atoms with van der Waals surface area (Å²) in [6, 6.07) is 17.9. The van der Waals surface area contributed by atoms with Gasteiger partial charge in [-0.25, -0.2) is 0 Å². The maximum absolute atomic E-state index is 6.13. The van der Waals surface area contributed by atoms with Gasteiger partial charge in [-0.3, -0.25) is 0 Å². The number of benzene rings is 2. The highest BCUT2D eigenvalue weighted by Crippen LogP contribution is 2.44. The van der Waals surface area contributed by atoms with Crippen LogP contribution in [0.3, 0.4) is 0 Å². The Balaban J connectivity index is 1.82. The molecule has 0 saturated carbocycles. The van der Waals surface area contributed by atoms with E-state index in [1.54, 1.807) is 7.11 Å². The molecule has 25 heavy (non-hydrogen) atoms. The lowest BCUT2D eigenvalue weighted by molar-refractivity contribution is 0.0538. The molecule has 2 aromatic carbocycles. The smallest absolute Gasteiger partial charge is 0.247 e. The lowest BCUT2D eigenvalue weighted by Gasteiger charge is -2.35. The largest absolute Gasteiger partial charge is 0.496 e. The molecule has 1 aromatic heterocycles. The minimum absolute atomic E-state index is 0.384. The third kappa shape index (κ3) is 2.81. The molecule has 1 aliphatic rings. The summed E-state index contributed by atoms with van der Waals surface area (Å²) in [7, 11) is 1.69. The van der Waals surface area contributed by atoms with E-state index in [1.807, 2.05) is 48.5 Å². The van der Waals surface area contributed by atoms with Crippen LogP contribution in [0.25, 0.3) is 11.5 Å². The fraction of sp³-hybridized carbons (Fsp3) is 0.300. The summed E-state index contributed by atoms with van der Waals surface area (Å²) in [5.74, 6) is 2.00. The summed E-state index contributed by atoms with van der Waals surface area (Å²) >= 11 is 0. The standard InChI is InChI=1S/C20H20N2O3/c1-23-17-10-6-5-9-16(17)20(11-13-24-14-12-20)19-22-21-18(25-19)15-7-3-2-4-8-15/h2-10H,11-14H2,1H3. The van der Waals surface area contributed by atoms with Crippen molar-refractivity contribution in [2.75, 3.05) is 20.3 Å². The van der Waals surface area contributed by atoms with Gasteiger partial charge in [-0.2, -0.15) is 0 Å². The van der Waals surface area contributed by atoms with Crippen LogP contribution in [0.2, 0.25) is 0 Å². The van der Waals surface area contributed by atoms with E-state index in [2.05, 4.69) is 16.3 Å². The van der Waals surface area contributed by atoms with E-state index in [0.717, 1.165) is 29.7 Å². The third-order valence-corrected chi connectivity index (χ3v) is 4.82. The molecule has 3 aromatic rings. The van der Waals surface area contributed by atoms with Gasteiger partial charge in [-0.15, -0.1) is 10.2 Å². The summed E-state index contributed by atoms with van der Waals surface area (Å²) in [6.07, 6.45) is 1.56. The highest BCUT2D eigenvalue weighted by atomic mass is 16.5. The number of hydrogen-bond donors (Lipinski definition) is 0. The Hall–Kier alpha value is -2.66. The second kappa shape index (κ2) is 6.69. The van der Waals surface area contributed by atoms with Crippen molar-refractivity contribution in [1.82, 2.24) is 10.2 Å². The first kappa shape index (κ1) is 15.8. The second-order valence-electron chi connectivity index (χ2n) is 6.17. The monoisotopic (exact) mass is 336 g/mol. The molecule has 2 heterocycles. The Bertz CT molecular complexity index is 839. The van der Waals surface area contributed by atoms with Gasteiger partial charge in [0.1, 0.15) is 5.75 Å².